The summed E-state index contributed by atoms with van der Waals surface area (Å²) >= 11 is 6.11. The third-order valence-electron chi connectivity index (χ3n) is 3.23. The van der Waals surface area contributed by atoms with E-state index in [1.807, 2.05) is 47.2 Å². The van der Waals surface area contributed by atoms with Crippen LogP contribution in [-0.4, -0.2) is 10.9 Å². The van der Waals surface area contributed by atoms with Gasteiger partial charge in [0.15, 0.2) is 10.9 Å². The normalized spacial score (nSPS) is 11.0. The molecule has 0 atom stereocenters. The van der Waals surface area contributed by atoms with E-state index in [4.69, 9.17) is 4.42 Å². The van der Waals surface area contributed by atoms with Crippen LogP contribution in [-0.2, 0) is 0 Å². The Hall–Kier alpha value is -1.96. The number of thiophene rings is 1. The Balaban J connectivity index is 1.59. The molecule has 0 saturated heterocycles. The third kappa shape index (κ3) is 2.83. The van der Waals surface area contributed by atoms with Gasteiger partial charge >= 0.3 is 0 Å². The van der Waals surface area contributed by atoms with Crippen LogP contribution in [0.4, 0.5) is 5.13 Å². The smallest absolute Gasteiger partial charge is 0.268 e. The summed E-state index contributed by atoms with van der Waals surface area (Å²) in [5.41, 5.74) is 1.54. The fraction of sp³-hybridized carbons (Fsp3) is 0. The van der Waals surface area contributed by atoms with Gasteiger partial charge in [-0.15, -0.1) is 22.7 Å². The predicted octanol–water partition coefficient (Wildman–Crippen LogP) is 5.63. The minimum atomic E-state index is -0.169. The van der Waals surface area contributed by atoms with Crippen molar-refractivity contribution in [3.63, 3.8) is 0 Å². The highest BCUT2D eigenvalue weighted by Gasteiger charge is 2.15. The molecule has 3 heterocycles. The Morgan fingerprint density at radius 2 is 2.09 bits per heavy atom. The highest BCUT2D eigenvalue weighted by Crippen LogP contribution is 2.31. The van der Waals surface area contributed by atoms with Crippen LogP contribution in [0.5, 0.6) is 0 Å². The van der Waals surface area contributed by atoms with Crippen LogP contribution in [0.2, 0.25) is 0 Å². The maximum Gasteiger partial charge on any atom is 0.268 e. The first kappa shape index (κ1) is 14.6. The van der Waals surface area contributed by atoms with E-state index in [9.17, 15) is 4.79 Å². The molecule has 0 bridgehead atoms. The lowest BCUT2D eigenvalue weighted by atomic mass is 10.2. The van der Waals surface area contributed by atoms with Crippen LogP contribution in [0.15, 0.2) is 56.0 Å². The molecule has 0 fully saturated rings. The van der Waals surface area contributed by atoms with E-state index in [0.717, 1.165) is 15.4 Å². The Morgan fingerprint density at radius 3 is 2.87 bits per heavy atom. The van der Waals surface area contributed by atoms with Gasteiger partial charge in [-0.3, -0.25) is 10.1 Å². The average molecular weight is 405 g/mol. The summed E-state index contributed by atoms with van der Waals surface area (Å²) in [5, 5.41) is 8.13. The number of hydrogen-bond acceptors (Lipinski definition) is 5. The number of anilines is 1. The van der Waals surface area contributed by atoms with E-state index < -0.39 is 0 Å². The van der Waals surface area contributed by atoms with Crippen LogP contribution in [0.3, 0.4) is 0 Å². The van der Waals surface area contributed by atoms with E-state index in [-0.39, 0.29) is 5.91 Å². The summed E-state index contributed by atoms with van der Waals surface area (Å²) in [6.07, 6.45) is 0. The van der Waals surface area contributed by atoms with Crippen LogP contribution in [0, 0.1) is 0 Å². The van der Waals surface area contributed by atoms with Crippen molar-refractivity contribution in [2.75, 3.05) is 5.32 Å². The summed E-state index contributed by atoms with van der Waals surface area (Å²) < 4.78 is 6.58. The maximum absolute atomic E-state index is 12.2. The topological polar surface area (TPSA) is 55.1 Å². The molecular formula is C16H9BrN2O2S2. The standard InChI is InChI=1S/C16H9BrN2O2S2/c17-10-5-6-22-14(10)15(20)19-16-18-11(8-23-16)13-7-9-3-1-2-4-12(9)21-13/h1-8H,(H,18,19,20). The number of amides is 1. The summed E-state index contributed by atoms with van der Waals surface area (Å²) in [7, 11) is 0. The number of furan rings is 1. The summed E-state index contributed by atoms with van der Waals surface area (Å²) in [4.78, 5) is 17.3. The minimum absolute atomic E-state index is 0.169. The second-order valence-electron chi connectivity index (χ2n) is 4.74. The van der Waals surface area contributed by atoms with Gasteiger partial charge in [0.1, 0.15) is 16.2 Å². The highest BCUT2D eigenvalue weighted by atomic mass is 79.9. The van der Waals surface area contributed by atoms with Crippen LogP contribution in [0.25, 0.3) is 22.4 Å². The molecule has 0 aliphatic heterocycles. The SMILES string of the molecule is O=C(Nc1nc(-c2cc3ccccc3o2)cs1)c1sccc1Br. The van der Waals surface area contributed by atoms with Gasteiger partial charge in [0.05, 0.1) is 0 Å². The van der Waals surface area contributed by atoms with Crippen molar-refractivity contribution < 1.29 is 9.21 Å². The number of nitrogens with zero attached hydrogens (tertiary/aromatic N) is 1. The van der Waals surface area contributed by atoms with E-state index in [1.54, 1.807) is 0 Å². The van der Waals surface area contributed by atoms with Crippen LogP contribution < -0.4 is 5.32 Å². The highest BCUT2D eigenvalue weighted by molar-refractivity contribution is 9.10. The van der Waals surface area contributed by atoms with Crippen molar-refractivity contribution in [2.45, 2.75) is 0 Å². The zero-order valence-electron chi connectivity index (χ0n) is 11.6. The molecule has 1 amide bonds. The van der Waals surface area contributed by atoms with Gasteiger partial charge in [0, 0.05) is 15.2 Å². The van der Waals surface area contributed by atoms with E-state index >= 15 is 0 Å². The lowest BCUT2D eigenvalue weighted by Crippen LogP contribution is -2.10. The Morgan fingerprint density at radius 1 is 1.22 bits per heavy atom. The zero-order valence-corrected chi connectivity index (χ0v) is 14.8. The lowest BCUT2D eigenvalue weighted by Gasteiger charge is -1.99. The van der Waals surface area contributed by atoms with E-state index in [1.165, 1.54) is 22.7 Å². The molecule has 0 aliphatic carbocycles. The van der Waals surface area contributed by atoms with E-state index in [0.29, 0.717) is 21.5 Å². The van der Waals surface area contributed by atoms with Crippen molar-refractivity contribution in [2.24, 2.45) is 0 Å². The number of thiazole rings is 1. The molecule has 3 aromatic heterocycles. The molecular weight excluding hydrogens is 396 g/mol. The lowest BCUT2D eigenvalue weighted by molar-refractivity contribution is 0.103. The van der Waals surface area contributed by atoms with Gasteiger partial charge < -0.3 is 4.42 Å². The molecule has 4 rings (SSSR count). The first-order valence-electron chi connectivity index (χ1n) is 6.69. The fourth-order valence-corrected chi connectivity index (χ4v) is 4.30. The molecule has 1 N–H and O–H groups in total. The van der Waals surface area contributed by atoms with E-state index in [2.05, 4.69) is 26.2 Å². The third-order valence-corrected chi connectivity index (χ3v) is 5.82. The minimum Gasteiger partial charge on any atom is -0.454 e. The molecule has 0 saturated carbocycles. The summed E-state index contributed by atoms with van der Waals surface area (Å²) in [6, 6.07) is 11.6. The molecule has 1 aromatic carbocycles. The Bertz CT molecular complexity index is 969. The van der Waals surface area contributed by atoms with Gasteiger partial charge in [-0.25, -0.2) is 4.98 Å². The monoisotopic (exact) mass is 404 g/mol. The number of aromatic nitrogens is 1. The van der Waals surface area contributed by atoms with Crippen molar-refractivity contribution in [3.8, 4) is 11.5 Å². The number of nitrogens with one attached hydrogen (secondary N) is 1. The number of rotatable bonds is 3. The van der Waals surface area contributed by atoms with Crippen LogP contribution >= 0.6 is 38.6 Å². The number of fused-ring (bicyclic) bond motifs is 1. The fourth-order valence-electron chi connectivity index (χ4n) is 2.16. The van der Waals surface area contributed by atoms with Gasteiger partial charge in [-0.1, -0.05) is 18.2 Å². The molecule has 4 aromatic rings. The Labute approximate surface area is 147 Å². The number of hydrogen-bond donors (Lipinski definition) is 1. The molecule has 7 heteroatoms. The average Bonchev–Trinajstić information content (AvgIpc) is 3.25. The van der Waals surface area contributed by atoms with Crippen LogP contribution in [0.1, 0.15) is 9.67 Å². The second-order valence-corrected chi connectivity index (χ2v) is 7.37. The van der Waals surface area contributed by atoms with Gasteiger partial charge in [-0.2, -0.15) is 0 Å². The second kappa shape index (κ2) is 5.92. The number of benzene rings is 1. The van der Waals surface area contributed by atoms with Gasteiger partial charge in [0.25, 0.3) is 5.91 Å². The first-order chi connectivity index (χ1) is 11.2. The molecule has 114 valence electrons. The Kier molecular flexibility index (Phi) is 3.76. The molecule has 0 aliphatic rings. The molecule has 0 spiro atoms. The quantitative estimate of drug-likeness (QED) is 0.481. The van der Waals surface area contributed by atoms with Crippen molar-refractivity contribution >= 4 is 60.6 Å². The van der Waals surface area contributed by atoms with Gasteiger partial charge in [0.2, 0.25) is 0 Å². The summed E-state index contributed by atoms with van der Waals surface area (Å²) in [5.74, 6) is 0.526. The first-order valence-corrected chi connectivity index (χ1v) is 9.25. The number of halogens is 1. The summed E-state index contributed by atoms with van der Waals surface area (Å²) in [6.45, 7) is 0. The number of carbonyl (C=O) groups excluding carboxylic acids is 1. The van der Waals surface area contributed by atoms with Crippen molar-refractivity contribution in [1.29, 1.82) is 0 Å². The molecule has 4 nitrogen and oxygen atoms in total. The zero-order chi connectivity index (χ0) is 15.8. The van der Waals surface area contributed by atoms with Crippen molar-refractivity contribution in [1.82, 2.24) is 4.98 Å². The predicted molar refractivity (Wildman–Crippen MR) is 97.3 cm³/mol. The maximum atomic E-state index is 12.2. The molecule has 23 heavy (non-hydrogen) atoms. The molecule has 0 unspecified atom stereocenters. The largest absolute Gasteiger partial charge is 0.454 e. The number of carbonyl (C=O) groups is 1. The van der Waals surface area contributed by atoms with Crippen molar-refractivity contribution in [3.05, 3.63) is 56.5 Å². The number of para-hydroxylation sites is 1. The van der Waals surface area contributed by atoms with Gasteiger partial charge in [-0.05, 0) is 39.5 Å². The molecule has 0 radical (unpaired) electrons.